The third-order valence-corrected chi connectivity index (χ3v) is 13.7. The minimum absolute atomic E-state index is 0.888. The normalized spacial score (nSPS) is 12.6. The maximum Gasteiger partial charge on any atom is -0.00133 e. The highest BCUT2D eigenvalue weighted by Crippen LogP contribution is 2.37. The molecule has 0 nitrogen and oxygen atoms in total. The van der Waals surface area contributed by atoms with E-state index in [1.54, 1.807) is 0 Å². The lowest BCUT2D eigenvalue weighted by Gasteiger charge is -2.20. The van der Waals surface area contributed by atoms with Crippen LogP contribution in [0.3, 0.4) is 0 Å². The van der Waals surface area contributed by atoms with Crippen molar-refractivity contribution < 1.29 is 0 Å². The van der Waals surface area contributed by atoms with Gasteiger partial charge in [0.25, 0.3) is 0 Å². The average molecular weight is 761 g/mol. The van der Waals surface area contributed by atoms with E-state index in [1.165, 1.54) is 127 Å². The Labute approximate surface area is 349 Å². The number of rotatable bonds is 8. The molecule has 0 saturated carbocycles. The van der Waals surface area contributed by atoms with Gasteiger partial charge in [0.05, 0.1) is 0 Å². The van der Waals surface area contributed by atoms with Gasteiger partial charge in [-0.25, -0.2) is 0 Å². The summed E-state index contributed by atoms with van der Waals surface area (Å²) in [5.41, 5.74) is 21.1. The summed E-state index contributed by atoms with van der Waals surface area (Å²) >= 11 is 0. The summed E-state index contributed by atoms with van der Waals surface area (Å²) in [6, 6.07) is 53.3. The predicted octanol–water partition coefficient (Wildman–Crippen LogP) is 15.2. The molecular formula is C59H52. The molecule has 9 aromatic rings. The number of allylic oxidation sites excluding steroid dienone is 1. The third kappa shape index (κ3) is 6.75. The fourth-order valence-electron chi connectivity index (χ4n) is 10.4. The zero-order valence-electron chi connectivity index (χ0n) is 35.2. The molecule has 0 radical (unpaired) electrons. The van der Waals surface area contributed by atoms with E-state index >= 15 is 0 Å². The van der Waals surface area contributed by atoms with Gasteiger partial charge in [0.1, 0.15) is 0 Å². The number of aryl methyl sites for hydroxylation is 6. The van der Waals surface area contributed by atoms with E-state index in [0.717, 1.165) is 38.5 Å². The van der Waals surface area contributed by atoms with Crippen LogP contribution in [0, 0.1) is 34.6 Å². The summed E-state index contributed by atoms with van der Waals surface area (Å²) in [5.74, 6) is 0. The van der Waals surface area contributed by atoms with Crippen LogP contribution >= 0.6 is 0 Å². The van der Waals surface area contributed by atoms with Crippen LogP contribution in [0.2, 0.25) is 0 Å². The van der Waals surface area contributed by atoms with Gasteiger partial charge in [-0.05, 0) is 200 Å². The monoisotopic (exact) mass is 760 g/mol. The second-order valence-corrected chi connectivity index (χ2v) is 17.3. The maximum absolute atomic E-state index is 2.55. The molecule has 1 aliphatic rings. The molecule has 0 amide bonds. The molecular weight excluding hydrogens is 709 g/mol. The Balaban J connectivity index is 1.07. The highest BCUT2D eigenvalue weighted by molar-refractivity contribution is 5.94. The molecule has 0 spiro atoms. The number of fused-ring (bicyclic) bond motifs is 5. The Morgan fingerprint density at radius 2 is 0.780 bits per heavy atom. The Kier molecular flexibility index (Phi) is 9.53. The smallest absolute Gasteiger partial charge is 0.00133 e. The summed E-state index contributed by atoms with van der Waals surface area (Å²) in [7, 11) is 0. The molecule has 0 bridgehead atoms. The summed E-state index contributed by atoms with van der Waals surface area (Å²) < 4.78 is 0. The van der Waals surface area contributed by atoms with Crippen LogP contribution in [0.1, 0.15) is 89.9 Å². The van der Waals surface area contributed by atoms with Crippen LogP contribution in [-0.2, 0) is 32.1 Å². The fraction of sp³-hybridized carbons (Fsp3) is 0.186. The zero-order chi connectivity index (χ0) is 40.2. The quantitative estimate of drug-likeness (QED) is 0.145. The molecule has 0 fully saturated rings. The lowest BCUT2D eigenvalue weighted by Crippen LogP contribution is -2.04. The Bertz CT molecular complexity index is 3150. The van der Waals surface area contributed by atoms with E-state index in [4.69, 9.17) is 0 Å². The van der Waals surface area contributed by atoms with Gasteiger partial charge in [-0.15, -0.1) is 0 Å². The fourth-order valence-corrected chi connectivity index (χ4v) is 10.4. The first-order valence-corrected chi connectivity index (χ1v) is 21.6. The Morgan fingerprint density at radius 3 is 1.29 bits per heavy atom. The van der Waals surface area contributed by atoms with E-state index in [0.29, 0.717) is 0 Å². The molecule has 0 aromatic heterocycles. The topological polar surface area (TPSA) is 0 Å². The van der Waals surface area contributed by atoms with Gasteiger partial charge in [-0.1, -0.05) is 152 Å². The molecule has 0 heterocycles. The maximum atomic E-state index is 2.55. The van der Waals surface area contributed by atoms with Crippen molar-refractivity contribution >= 4 is 49.2 Å². The van der Waals surface area contributed by atoms with Gasteiger partial charge in [0.15, 0.2) is 0 Å². The van der Waals surface area contributed by atoms with Crippen LogP contribution in [-0.4, -0.2) is 0 Å². The van der Waals surface area contributed by atoms with Gasteiger partial charge in [0, 0.05) is 0 Å². The first-order valence-electron chi connectivity index (χ1n) is 21.6. The SMILES string of the molecule is Cc1cc(Cc2cc(Cc3cc(Cc4cc(Cc5ccc(C)c6ccccc56)c5ccccc5c4C)c4ccccc4c3C)c3ccccc3c2C)cc2c1C=CCC2. The highest BCUT2D eigenvalue weighted by atomic mass is 14.2. The third-order valence-electron chi connectivity index (χ3n) is 13.7. The minimum atomic E-state index is 0.888. The zero-order valence-corrected chi connectivity index (χ0v) is 35.2. The summed E-state index contributed by atoms with van der Waals surface area (Å²) in [4.78, 5) is 0. The lowest BCUT2D eigenvalue weighted by atomic mass is 9.84. The van der Waals surface area contributed by atoms with Crippen molar-refractivity contribution in [3.63, 3.8) is 0 Å². The molecule has 288 valence electrons. The molecule has 0 heteroatoms. The van der Waals surface area contributed by atoms with Crippen LogP contribution in [0.15, 0.2) is 146 Å². The first-order chi connectivity index (χ1) is 28.8. The van der Waals surface area contributed by atoms with E-state index in [1.807, 2.05) is 0 Å². The lowest BCUT2D eigenvalue weighted by molar-refractivity contribution is 0.971. The predicted molar refractivity (Wildman–Crippen MR) is 254 cm³/mol. The molecule has 0 unspecified atom stereocenters. The molecule has 0 aliphatic heterocycles. The highest BCUT2D eigenvalue weighted by Gasteiger charge is 2.18. The van der Waals surface area contributed by atoms with Crippen molar-refractivity contribution in [3.8, 4) is 0 Å². The van der Waals surface area contributed by atoms with Crippen LogP contribution < -0.4 is 0 Å². The van der Waals surface area contributed by atoms with E-state index < -0.39 is 0 Å². The second kappa shape index (κ2) is 15.2. The number of hydrogen-bond acceptors (Lipinski definition) is 0. The van der Waals surface area contributed by atoms with Gasteiger partial charge in [-0.2, -0.15) is 0 Å². The van der Waals surface area contributed by atoms with E-state index in [-0.39, 0.29) is 0 Å². The second-order valence-electron chi connectivity index (χ2n) is 17.3. The Hall–Kier alpha value is -6.24. The largest absolute Gasteiger partial charge is 0.0836 e. The molecule has 1 aliphatic carbocycles. The summed E-state index contributed by atoms with van der Waals surface area (Å²) in [6.45, 7) is 11.5. The summed E-state index contributed by atoms with van der Waals surface area (Å²) in [6.07, 6.45) is 10.6. The van der Waals surface area contributed by atoms with E-state index in [2.05, 4.69) is 186 Å². The molecule has 0 N–H and O–H groups in total. The Morgan fingerprint density at radius 1 is 0.356 bits per heavy atom. The molecule has 10 rings (SSSR count). The van der Waals surface area contributed by atoms with Crippen LogP contribution in [0.4, 0.5) is 0 Å². The molecule has 0 atom stereocenters. The standard InChI is InChI=1S/C59H52/c1-37-26-27-44(56-22-12-8-18-52(37)56)31-48-33-46(40(4)54-20-10-13-23-57(48)54)35-50-36-47(41(5)55-21-11-15-25-59(50)55)34-49-32-45(39(3)53-19-9-14-24-58(49)53)30-42-28-38(2)51-17-7-6-16-43(51)29-42/h7-15,17-29,32-33,36H,6,16,30-31,34-35H2,1-5H3. The van der Waals surface area contributed by atoms with Crippen LogP contribution in [0.25, 0.3) is 49.2 Å². The van der Waals surface area contributed by atoms with Crippen molar-refractivity contribution in [1.82, 2.24) is 0 Å². The van der Waals surface area contributed by atoms with Gasteiger partial charge >= 0.3 is 0 Å². The van der Waals surface area contributed by atoms with Gasteiger partial charge in [0.2, 0.25) is 0 Å². The number of hydrogen-bond donors (Lipinski definition) is 0. The van der Waals surface area contributed by atoms with Gasteiger partial charge < -0.3 is 0 Å². The molecule has 9 aromatic carbocycles. The van der Waals surface area contributed by atoms with Crippen molar-refractivity contribution in [1.29, 1.82) is 0 Å². The number of benzene rings is 9. The van der Waals surface area contributed by atoms with Crippen LogP contribution in [0.5, 0.6) is 0 Å². The molecule has 0 saturated heterocycles. The van der Waals surface area contributed by atoms with Crippen molar-refractivity contribution in [2.24, 2.45) is 0 Å². The van der Waals surface area contributed by atoms with Gasteiger partial charge in [-0.3, -0.25) is 0 Å². The summed E-state index contributed by atoms with van der Waals surface area (Å²) in [5, 5.41) is 10.9. The van der Waals surface area contributed by atoms with Crippen molar-refractivity contribution in [3.05, 3.63) is 229 Å². The van der Waals surface area contributed by atoms with Crippen molar-refractivity contribution in [2.75, 3.05) is 0 Å². The minimum Gasteiger partial charge on any atom is -0.0836 e. The average Bonchev–Trinajstić information content (AvgIpc) is 3.26. The molecule has 59 heavy (non-hydrogen) atoms. The van der Waals surface area contributed by atoms with Crippen molar-refractivity contribution in [2.45, 2.75) is 73.1 Å². The van der Waals surface area contributed by atoms with E-state index in [9.17, 15) is 0 Å². The first kappa shape index (κ1) is 37.1.